The first-order valence-electron chi connectivity index (χ1n) is 6.07. The number of anilines is 1. The minimum Gasteiger partial charge on any atom is -0.293 e. The van der Waals surface area contributed by atoms with Crippen molar-refractivity contribution < 1.29 is 0 Å². The average Bonchev–Trinajstić information content (AvgIpc) is 2.83. The van der Waals surface area contributed by atoms with E-state index in [1.165, 1.54) is 5.69 Å². The van der Waals surface area contributed by atoms with Crippen LogP contribution in [0.5, 0.6) is 0 Å². The van der Waals surface area contributed by atoms with Gasteiger partial charge in [0.1, 0.15) is 0 Å². The Kier molecular flexibility index (Phi) is 2.96. The van der Waals surface area contributed by atoms with E-state index in [1.54, 1.807) is 0 Å². The van der Waals surface area contributed by atoms with E-state index >= 15 is 0 Å². The van der Waals surface area contributed by atoms with Gasteiger partial charge in [0.2, 0.25) is 0 Å². The summed E-state index contributed by atoms with van der Waals surface area (Å²) in [6.45, 7) is 0.886. The molecule has 0 amide bonds. The lowest BCUT2D eigenvalue weighted by molar-refractivity contribution is 0.236. The van der Waals surface area contributed by atoms with Crippen LogP contribution in [0.4, 0.5) is 5.69 Å². The third kappa shape index (κ3) is 2.08. The zero-order chi connectivity index (χ0) is 12.4. The van der Waals surface area contributed by atoms with E-state index < -0.39 is 0 Å². The van der Waals surface area contributed by atoms with E-state index in [2.05, 4.69) is 38.7 Å². The zero-order valence-electron chi connectivity index (χ0n) is 10.3. The second-order valence-corrected chi connectivity index (χ2v) is 4.43. The molecule has 1 atom stereocenters. The summed E-state index contributed by atoms with van der Waals surface area (Å²) < 4.78 is 0. The fraction of sp³-hybridized carbons (Fsp3) is 0.214. The molecule has 3 rings (SSSR count). The van der Waals surface area contributed by atoms with E-state index in [9.17, 15) is 0 Å². The van der Waals surface area contributed by atoms with Gasteiger partial charge in [0.15, 0.2) is 0 Å². The van der Waals surface area contributed by atoms with E-state index in [0.29, 0.717) is 0 Å². The van der Waals surface area contributed by atoms with Crippen LogP contribution in [-0.2, 0) is 0 Å². The zero-order valence-corrected chi connectivity index (χ0v) is 10.3. The Bertz CT molecular complexity index is 500. The van der Waals surface area contributed by atoms with Gasteiger partial charge >= 0.3 is 0 Å². The van der Waals surface area contributed by atoms with Gasteiger partial charge in [-0.25, -0.2) is 5.01 Å². The Labute approximate surface area is 107 Å². The second kappa shape index (κ2) is 4.76. The minimum absolute atomic E-state index is 0.270. The van der Waals surface area contributed by atoms with E-state index in [0.717, 1.165) is 12.2 Å². The summed E-state index contributed by atoms with van der Waals surface area (Å²) in [5.74, 6) is 0. The monoisotopic (exact) mass is 240 g/mol. The Morgan fingerprint density at radius 2 is 1.89 bits per heavy atom. The molecule has 1 saturated heterocycles. The van der Waals surface area contributed by atoms with Gasteiger partial charge < -0.3 is 0 Å². The SMILES string of the molecule is CN1NN(c2ccccc2)CC1c1ccccn1. The number of nitrogens with zero attached hydrogens (tertiary/aromatic N) is 3. The summed E-state index contributed by atoms with van der Waals surface area (Å²) in [6, 6.07) is 16.6. The van der Waals surface area contributed by atoms with Crippen LogP contribution in [0, 0.1) is 0 Å². The van der Waals surface area contributed by atoms with Crippen molar-refractivity contribution in [3.05, 3.63) is 60.4 Å². The van der Waals surface area contributed by atoms with Crippen LogP contribution in [0.3, 0.4) is 0 Å². The van der Waals surface area contributed by atoms with Crippen LogP contribution in [0.15, 0.2) is 54.7 Å². The van der Waals surface area contributed by atoms with Crippen LogP contribution in [-0.4, -0.2) is 23.6 Å². The Morgan fingerprint density at radius 3 is 2.61 bits per heavy atom. The maximum atomic E-state index is 4.43. The number of hydrogen-bond acceptors (Lipinski definition) is 4. The van der Waals surface area contributed by atoms with Crippen LogP contribution in [0.2, 0.25) is 0 Å². The summed E-state index contributed by atoms with van der Waals surface area (Å²) >= 11 is 0. The van der Waals surface area contributed by atoms with Crippen molar-refractivity contribution in [1.29, 1.82) is 0 Å². The molecular formula is C14H16N4. The van der Waals surface area contributed by atoms with Gasteiger partial charge in [0.25, 0.3) is 0 Å². The van der Waals surface area contributed by atoms with Gasteiger partial charge in [-0.05, 0) is 24.3 Å². The molecule has 1 fully saturated rings. The van der Waals surface area contributed by atoms with E-state index in [-0.39, 0.29) is 6.04 Å². The third-order valence-electron chi connectivity index (χ3n) is 3.20. The summed E-state index contributed by atoms with van der Waals surface area (Å²) in [5.41, 5.74) is 5.60. The molecule has 0 saturated carbocycles. The molecule has 4 heteroatoms. The van der Waals surface area contributed by atoms with Crippen LogP contribution in [0.1, 0.15) is 11.7 Å². The first-order valence-corrected chi connectivity index (χ1v) is 6.07. The summed E-state index contributed by atoms with van der Waals surface area (Å²) in [5, 5.41) is 4.23. The highest BCUT2D eigenvalue weighted by Crippen LogP contribution is 2.25. The lowest BCUT2D eigenvalue weighted by Crippen LogP contribution is -2.37. The summed E-state index contributed by atoms with van der Waals surface area (Å²) in [4.78, 5) is 4.43. The molecule has 0 bridgehead atoms. The summed E-state index contributed by atoms with van der Waals surface area (Å²) in [6.07, 6.45) is 1.84. The van der Waals surface area contributed by atoms with Crippen molar-refractivity contribution in [1.82, 2.24) is 15.5 Å². The first kappa shape index (κ1) is 11.2. The predicted molar refractivity (Wildman–Crippen MR) is 71.7 cm³/mol. The number of aromatic nitrogens is 1. The highest BCUT2D eigenvalue weighted by atomic mass is 15.8. The average molecular weight is 240 g/mol. The standard InChI is InChI=1S/C14H16N4/c1-17-14(13-9-5-6-10-15-13)11-18(16-17)12-7-3-2-4-8-12/h2-10,14,16H,11H2,1H3. The van der Waals surface area contributed by atoms with Crippen molar-refractivity contribution in [2.24, 2.45) is 0 Å². The number of hydrogen-bond donors (Lipinski definition) is 1. The number of para-hydroxylation sites is 1. The largest absolute Gasteiger partial charge is 0.293 e. The molecular weight excluding hydrogens is 224 g/mol. The number of pyridine rings is 1. The normalized spacial score (nSPS) is 20.3. The van der Waals surface area contributed by atoms with Gasteiger partial charge in [0, 0.05) is 13.2 Å². The van der Waals surface area contributed by atoms with Crippen molar-refractivity contribution in [3.63, 3.8) is 0 Å². The van der Waals surface area contributed by atoms with Gasteiger partial charge in [-0.3, -0.25) is 9.99 Å². The van der Waals surface area contributed by atoms with Gasteiger partial charge in [-0.2, -0.15) is 5.53 Å². The molecule has 1 aromatic carbocycles. The Hall–Kier alpha value is -1.91. The van der Waals surface area contributed by atoms with Crippen LogP contribution >= 0.6 is 0 Å². The predicted octanol–water partition coefficient (Wildman–Crippen LogP) is 1.99. The maximum absolute atomic E-state index is 4.43. The molecule has 1 N–H and O–H groups in total. The third-order valence-corrected chi connectivity index (χ3v) is 3.20. The maximum Gasteiger partial charge on any atom is 0.0870 e. The van der Waals surface area contributed by atoms with Crippen molar-refractivity contribution in [3.8, 4) is 0 Å². The van der Waals surface area contributed by atoms with Gasteiger partial charge in [-0.1, -0.05) is 24.3 Å². The van der Waals surface area contributed by atoms with Crippen molar-refractivity contribution >= 4 is 5.69 Å². The lowest BCUT2D eigenvalue weighted by Gasteiger charge is -2.18. The molecule has 1 unspecified atom stereocenters. The molecule has 1 aliphatic heterocycles. The van der Waals surface area contributed by atoms with Gasteiger partial charge in [-0.15, -0.1) is 0 Å². The molecule has 4 nitrogen and oxygen atoms in total. The molecule has 0 radical (unpaired) electrons. The quantitative estimate of drug-likeness (QED) is 0.870. The number of likely N-dealkylation sites (N-methyl/N-ethyl adjacent to an activating group) is 1. The molecule has 2 heterocycles. The smallest absolute Gasteiger partial charge is 0.0870 e. The highest BCUT2D eigenvalue weighted by Gasteiger charge is 2.29. The molecule has 2 aromatic rings. The van der Waals surface area contributed by atoms with Crippen molar-refractivity contribution in [2.75, 3.05) is 18.6 Å². The van der Waals surface area contributed by atoms with Gasteiger partial charge in [0.05, 0.1) is 24.0 Å². The Balaban J connectivity index is 1.81. The molecule has 18 heavy (non-hydrogen) atoms. The van der Waals surface area contributed by atoms with Crippen LogP contribution < -0.4 is 10.5 Å². The first-order chi connectivity index (χ1) is 8.84. The van der Waals surface area contributed by atoms with Crippen molar-refractivity contribution in [2.45, 2.75) is 6.04 Å². The number of nitrogens with one attached hydrogen (secondary N) is 1. The Morgan fingerprint density at radius 1 is 1.11 bits per heavy atom. The van der Waals surface area contributed by atoms with Crippen LogP contribution in [0.25, 0.3) is 0 Å². The van der Waals surface area contributed by atoms with E-state index in [1.807, 2.05) is 43.6 Å². The minimum atomic E-state index is 0.270. The lowest BCUT2D eigenvalue weighted by atomic mass is 10.2. The fourth-order valence-corrected chi connectivity index (χ4v) is 2.23. The fourth-order valence-electron chi connectivity index (χ4n) is 2.23. The summed E-state index contributed by atoms with van der Waals surface area (Å²) in [7, 11) is 2.04. The molecule has 1 aliphatic rings. The topological polar surface area (TPSA) is 31.4 Å². The molecule has 1 aromatic heterocycles. The second-order valence-electron chi connectivity index (χ2n) is 4.43. The number of benzene rings is 1. The number of hydrazine groups is 2. The number of rotatable bonds is 2. The highest BCUT2D eigenvalue weighted by molar-refractivity contribution is 5.45. The molecule has 0 aliphatic carbocycles. The molecule has 92 valence electrons. The molecule has 0 spiro atoms. The van der Waals surface area contributed by atoms with E-state index in [4.69, 9.17) is 0 Å².